The second-order valence-electron chi connectivity index (χ2n) is 4.21. The molecular weight excluding hydrogens is 254 g/mol. The molecule has 0 aliphatic carbocycles. The number of hydrogen-bond acceptors (Lipinski definition) is 4. The quantitative estimate of drug-likeness (QED) is 0.738. The van der Waals surface area contributed by atoms with Crippen LogP contribution in [-0.4, -0.2) is 9.97 Å². The zero-order valence-electron chi connectivity index (χ0n) is 10.3. The highest BCUT2D eigenvalue weighted by molar-refractivity contribution is 7.98. The number of benzene rings is 1. The molecule has 0 spiro atoms. The standard InChI is InChI=1S/C15H13N3S/c16-12-6-8-15(17-9-12)19-10-13-7-5-11-3-1-2-4-14(11)18-13/h1-9H,10,16H2. The summed E-state index contributed by atoms with van der Waals surface area (Å²) in [6.45, 7) is 0. The van der Waals surface area contributed by atoms with Gasteiger partial charge in [-0.3, -0.25) is 4.98 Å². The molecule has 0 saturated carbocycles. The number of para-hydroxylation sites is 1. The number of anilines is 1. The Labute approximate surface area is 115 Å². The molecule has 0 atom stereocenters. The van der Waals surface area contributed by atoms with Gasteiger partial charge in [-0.05, 0) is 24.3 Å². The summed E-state index contributed by atoms with van der Waals surface area (Å²) in [4.78, 5) is 8.90. The maximum absolute atomic E-state index is 5.61. The Hall–Kier alpha value is -2.07. The van der Waals surface area contributed by atoms with Gasteiger partial charge in [0.2, 0.25) is 0 Å². The van der Waals surface area contributed by atoms with Crippen LogP contribution in [0.4, 0.5) is 5.69 Å². The Balaban J connectivity index is 1.76. The lowest BCUT2D eigenvalue weighted by Crippen LogP contribution is -1.90. The van der Waals surface area contributed by atoms with Crippen LogP contribution in [0.2, 0.25) is 0 Å². The van der Waals surface area contributed by atoms with Crippen molar-refractivity contribution in [1.29, 1.82) is 0 Å². The first kappa shape index (κ1) is 12.0. The highest BCUT2D eigenvalue weighted by atomic mass is 32.2. The van der Waals surface area contributed by atoms with Crippen LogP contribution in [0.15, 0.2) is 59.8 Å². The number of rotatable bonds is 3. The van der Waals surface area contributed by atoms with Crippen molar-refractivity contribution in [3.05, 3.63) is 60.4 Å². The lowest BCUT2D eigenvalue weighted by Gasteiger charge is -2.03. The third kappa shape index (κ3) is 2.85. The Kier molecular flexibility index (Phi) is 3.33. The van der Waals surface area contributed by atoms with Crippen LogP contribution >= 0.6 is 11.8 Å². The molecule has 3 rings (SSSR count). The van der Waals surface area contributed by atoms with Crippen molar-refractivity contribution in [1.82, 2.24) is 9.97 Å². The Morgan fingerprint density at radius 2 is 1.89 bits per heavy atom. The molecule has 94 valence electrons. The summed E-state index contributed by atoms with van der Waals surface area (Å²) in [6.07, 6.45) is 1.68. The molecule has 0 radical (unpaired) electrons. The predicted octanol–water partition coefficient (Wildman–Crippen LogP) is 3.50. The minimum Gasteiger partial charge on any atom is -0.397 e. The fourth-order valence-corrected chi connectivity index (χ4v) is 2.56. The number of aromatic nitrogens is 2. The first-order valence-electron chi connectivity index (χ1n) is 6.00. The third-order valence-corrected chi connectivity index (χ3v) is 3.76. The van der Waals surface area contributed by atoms with Gasteiger partial charge in [-0.2, -0.15) is 0 Å². The Bertz CT molecular complexity index is 695. The van der Waals surface area contributed by atoms with Gasteiger partial charge in [0.1, 0.15) is 0 Å². The number of thioether (sulfide) groups is 1. The summed E-state index contributed by atoms with van der Waals surface area (Å²) in [5, 5.41) is 2.13. The molecule has 0 saturated heterocycles. The fourth-order valence-electron chi connectivity index (χ4n) is 1.81. The molecular formula is C15H13N3S. The molecule has 3 nitrogen and oxygen atoms in total. The monoisotopic (exact) mass is 267 g/mol. The SMILES string of the molecule is Nc1ccc(SCc2ccc3ccccc3n2)nc1. The number of fused-ring (bicyclic) bond motifs is 1. The number of pyridine rings is 2. The van der Waals surface area contributed by atoms with Gasteiger partial charge in [0.25, 0.3) is 0 Å². The number of nitrogen functional groups attached to an aromatic ring is 1. The minimum atomic E-state index is 0.688. The second-order valence-corrected chi connectivity index (χ2v) is 5.21. The van der Waals surface area contributed by atoms with Crippen molar-refractivity contribution < 1.29 is 0 Å². The average molecular weight is 267 g/mol. The van der Waals surface area contributed by atoms with Crippen LogP contribution < -0.4 is 5.73 Å². The molecule has 3 aromatic rings. The largest absolute Gasteiger partial charge is 0.397 e. The molecule has 0 aliphatic heterocycles. The molecule has 19 heavy (non-hydrogen) atoms. The molecule has 0 bridgehead atoms. The van der Waals surface area contributed by atoms with E-state index in [1.165, 1.54) is 5.39 Å². The van der Waals surface area contributed by atoms with E-state index in [1.54, 1.807) is 18.0 Å². The lowest BCUT2D eigenvalue weighted by molar-refractivity contribution is 1.13. The van der Waals surface area contributed by atoms with E-state index in [1.807, 2.05) is 30.3 Å². The van der Waals surface area contributed by atoms with Gasteiger partial charge in [-0.1, -0.05) is 24.3 Å². The van der Waals surface area contributed by atoms with Crippen LogP contribution in [0.3, 0.4) is 0 Å². The summed E-state index contributed by atoms with van der Waals surface area (Å²) in [5.41, 5.74) is 8.39. The normalized spacial score (nSPS) is 10.7. The highest BCUT2D eigenvalue weighted by Crippen LogP contribution is 2.21. The van der Waals surface area contributed by atoms with Crippen molar-refractivity contribution in [3.63, 3.8) is 0 Å². The van der Waals surface area contributed by atoms with Gasteiger partial charge in [0.05, 0.1) is 28.1 Å². The molecule has 4 heteroatoms. The molecule has 2 heterocycles. The van der Waals surface area contributed by atoms with E-state index in [0.29, 0.717) is 5.69 Å². The third-order valence-electron chi connectivity index (χ3n) is 2.78. The average Bonchev–Trinajstić information content (AvgIpc) is 2.46. The van der Waals surface area contributed by atoms with Crippen molar-refractivity contribution >= 4 is 28.4 Å². The van der Waals surface area contributed by atoms with E-state index >= 15 is 0 Å². The van der Waals surface area contributed by atoms with Gasteiger partial charge < -0.3 is 5.73 Å². The van der Waals surface area contributed by atoms with E-state index in [9.17, 15) is 0 Å². The summed E-state index contributed by atoms with van der Waals surface area (Å²) < 4.78 is 0. The summed E-state index contributed by atoms with van der Waals surface area (Å²) in [5.74, 6) is 0.807. The number of nitrogens with two attached hydrogens (primary N) is 1. The second kappa shape index (κ2) is 5.28. The van der Waals surface area contributed by atoms with Crippen molar-refractivity contribution in [3.8, 4) is 0 Å². The molecule has 0 fully saturated rings. The van der Waals surface area contributed by atoms with Gasteiger partial charge in [0.15, 0.2) is 0 Å². The first-order chi connectivity index (χ1) is 9.31. The fraction of sp³-hybridized carbons (Fsp3) is 0.0667. The highest BCUT2D eigenvalue weighted by Gasteiger charge is 2.00. The first-order valence-corrected chi connectivity index (χ1v) is 6.99. The maximum Gasteiger partial charge on any atom is 0.0965 e. The smallest absolute Gasteiger partial charge is 0.0965 e. The topological polar surface area (TPSA) is 51.8 Å². The number of nitrogens with zero attached hydrogens (tertiary/aromatic N) is 2. The van der Waals surface area contributed by atoms with Crippen molar-refractivity contribution in [2.75, 3.05) is 5.73 Å². The summed E-state index contributed by atoms with van der Waals surface area (Å²) in [7, 11) is 0. The van der Waals surface area contributed by atoms with Crippen molar-refractivity contribution in [2.24, 2.45) is 0 Å². The van der Waals surface area contributed by atoms with E-state index in [0.717, 1.165) is 22.0 Å². The van der Waals surface area contributed by atoms with Crippen LogP contribution in [0.1, 0.15) is 5.69 Å². The minimum absolute atomic E-state index is 0.688. The van der Waals surface area contributed by atoms with E-state index in [2.05, 4.69) is 28.2 Å². The van der Waals surface area contributed by atoms with Gasteiger partial charge in [0, 0.05) is 11.1 Å². The molecule has 2 N–H and O–H groups in total. The van der Waals surface area contributed by atoms with Gasteiger partial charge in [-0.15, -0.1) is 11.8 Å². The molecule has 0 aliphatic rings. The Morgan fingerprint density at radius 3 is 2.74 bits per heavy atom. The van der Waals surface area contributed by atoms with Crippen LogP contribution in [0, 0.1) is 0 Å². The van der Waals surface area contributed by atoms with Gasteiger partial charge in [-0.25, -0.2) is 4.98 Å². The zero-order chi connectivity index (χ0) is 13.1. The van der Waals surface area contributed by atoms with E-state index in [-0.39, 0.29) is 0 Å². The Morgan fingerprint density at radius 1 is 1.00 bits per heavy atom. The molecule has 0 unspecified atom stereocenters. The van der Waals surface area contributed by atoms with E-state index in [4.69, 9.17) is 5.73 Å². The summed E-state index contributed by atoms with van der Waals surface area (Å²) in [6, 6.07) is 16.1. The molecule has 2 aromatic heterocycles. The van der Waals surface area contributed by atoms with E-state index < -0.39 is 0 Å². The van der Waals surface area contributed by atoms with Crippen LogP contribution in [0.25, 0.3) is 10.9 Å². The maximum atomic E-state index is 5.61. The molecule has 0 amide bonds. The predicted molar refractivity (Wildman–Crippen MR) is 80.0 cm³/mol. The van der Waals surface area contributed by atoms with Gasteiger partial charge >= 0.3 is 0 Å². The van der Waals surface area contributed by atoms with Crippen LogP contribution in [0.5, 0.6) is 0 Å². The summed E-state index contributed by atoms with van der Waals surface area (Å²) >= 11 is 1.66. The number of hydrogen-bond donors (Lipinski definition) is 1. The van der Waals surface area contributed by atoms with Crippen LogP contribution in [-0.2, 0) is 5.75 Å². The zero-order valence-corrected chi connectivity index (χ0v) is 11.1. The molecule has 1 aromatic carbocycles. The lowest BCUT2D eigenvalue weighted by atomic mass is 10.2. The van der Waals surface area contributed by atoms with Crippen molar-refractivity contribution in [2.45, 2.75) is 10.8 Å².